The Labute approximate surface area is 184 Å². The van der Waals surface area contributed by atoms with Crippen LogP contribution in [-0.4, -0.2) is 58.3 Å². The lowest BCUT2D eigenvalue weighted by Crippen LogP contribution is -2.39. The number of hydrogen-bond acceptors (Lipinski definition) is 6. The lowest BCUT2D eigenvalue weighted by atomic mass is 9.95. The maximum Gasteiger partial charge on any atom is 0.247 e. The summed E-state index contributed by atoms with van der Waals surface area (Å²) in [7, 11) is 2.11. The highest BCUT2D eigenvalue weighted by atomic mass is 16.4. The monoisotopic (exact) mass is 420 g/mol. The van der Waals surface area contributed by atoms with Gasteiger partial charge in [0, 0.05) is 18.7 Å². The number of nitrogens with zero attached hydrogens (tertiary/aromatic N) is 4. The molecule has 0 saturated carbocycles. The summed E-state index contributed by atoms with van der Waals surface area (Å²) in [6, 6.07) is 18.1. The molecule has 0 radical (unpaired) electrons. The topological polar surface area (TPSA) is 65.6 Å². The van der Waals surface area contributed by atoms with Gasteiger partial charge in [-0.3, -0.25) is 4.90 Å². The molecule has 6 nitrogen and oxygen atoms in total. The van der Waals surface area contributed by atoms with Crippen molar-refractivity contribution >= 4 is 0 Å². The number of aryl methyl sites for hydroxylation is 1. The number of rotatable bonds is 8. The van der Waals surface area contributed by atoms with Crippen LogP contribution in [0.4, 0.5) is 0 Å². The summed E-state index contributed by atoms with van der Waals surface area (Å²) in [4.78, 5) is 4.64. The molecule has 1 aliphatic heterocycles. The van der Waals surface area contributed by atoms with E-state index in [0.717, 1.165) is 43.6 Å². The lowest BCUT2D eigenvalue weighted by Gasteiger charge is -2.34. The maximum absolute atomic E-state index is 10.5. The molecule has 31 heavy (non-hydrogen) atoms. The van der Waals surface area contributed by atoms with Crippen LogP contribution in [0, 0.1) is 12.8 Å². The number of piperidine rings is 1. The molecule has 1 unspecified atom stereocenters. The van der Waals surface area contributed by atoms with Gasteiger partial charge in [-0.25, -0.2) is 0 Å². The maximum atomic E-state index is 10.5. The Bertz CT molecular complexity index is 934. The summed E-state index contributed by atoms with van der Waals surface area (Å²) in [5.74, 6) is 1.88. The highest BCUT2D eigenvalue weighted by Gasteiger charge is 2.23. The van der Waals surface area contributed by atoms with E-state index in [-0.39, 0.29) is 0 Å². The number of aromatic nitrogens is 2. The van der Waals surface area contributed by atoms with E-state index in [0.29, 0.717) is 30.8 Å². The molecule has 2 heterocycles. The number of aliphatic hydroxyl groups excluding tert-OH is 1. The minimum Gasteiger partial charge on any atom is -0.419 e. The normalized spacial score (nSPS) is 16.6. The molecular formula is C25H32N4O2. The number of β-amino-alcohol motifs (C(OH)–C–C–N with tert-alkyl or cyclic N) is 1. The third kappa shape index (κ3) is 6.00. The van der Waals surface area contributed by atoms with Crippen LogP contribution in [0.15, 0.2) is 59.0 Å². The van der Waals surface area contributed by atoms with Gasteiger partial charge in [0.15, 0.2) is 0 Å². The predicted molar refractivity (Wildman–Crippen MR) is 121 cm³/mol. The molecule has 0 spiro atoms. The van der Waals surface area contributed by atoms with E-state index in [1.807, 2.05) is 42.5 Å². The SMILES string of the molecule is Cc1ccc(-c2nnc(CN(C)CC3CCN(CC(O)c4ccccc4)CC3)o2)cc1. The van der Waals surface area contributed by atoms with Gasteiger partial charge in [-0.1, -0.05) is 48.0 Å². The second kappa shape index (κ2) is 10.2. The van der Waals surface area contributed by atoms with Gasteiger partial charge in [-0.2, -0.15) is 0 Å². The Balaban J connectivity index is 1.21. The van der Waals surface area contributed by atoms with Crippen molar-refractivity contribution in [2.24, 2.45) is 5.92 Å². The minimum atomic E-state index is -0.416. The second-order valence-electron chi connectivity index (χ2n) is 8.73. The van der Waals surface area contributed by atoms with Crippen molar-refractivity contribution in [2.45, 2.75) is 32.4 Å². The van der Waals surface area contributed by atoms with Crippen LogP contribution >= 0.6 is 0 Å². The molecule has 1 aliphatic rings. The number of likely N-dealkylation sites (tertiary alicyclic amines) is 1. The molecule has 0 bridgehead atoms. The van der Waals surface area contributed by atoms with Crippen LogP contribution < -0.4 is 0 Å². The number of aliphatic hydroxyl groups is 1. The lowest BCUT2D eigenvalue weighted by molar-refractivity contribution is 0.0818. The molecule has 1 aromatic heterocycles. The van der Waals surface area contributed by atoms with Crippen LogP contribution in [-0.2, 0) is 6.54 Å². The van der Waals surface area contributed by atoms with Gasteiger partial charge in [-0.05, 0) is 63.5 Å². The standard InChI is InChI=1S/C25H32N4O2/c1-19-8-10-22(11-9-19)25-27-26-24(31-25)18-28(2)16-20-12-14-29(15-13-20)17-23(30)21-6-4-3-5-7-21/h3-11,20,23,30H,12-18H2,1-2H3. The van der Waals surface area contributed by atoms with Crippen LogP contribution in [0.25, 0.3) is 11.5 Å². The molecular weight excluding hydrogens is 388 g/mol. The highest BCUT2D eigenvalue weighted by molar-refractivity contribution is 5.52. The molecule has 1 saturated heterocycles. The molecule has 1 fully saturated rings. The summed E-state index contributed by atoms with van der Waals surface area (Å²) in [6.45, 7) is 6.49. The fourth-order valence-electron chi connectivity index (χ4n) is 4.24. The van der Waals surface area contributed by atoms with E-state index >= 15 is 0 Å². The first-order chi connectivity index (χ1) is 15.1. The Kier molecular flexibility index (Phi) is 7.12. The Hall–Kier alpha value is -2.54. The zero-order valence-electron chi connectivity index (χ0n) is 18.4. The third-order valence-electron chi connectivity index (χ3n) is 6.06. The molecule has 0 aliphatic carbocycles. The Morgan fingerprint density at radius 1 is 1.06 bits per heavy atom. The zero-order chi connectivity index (χ0) is 21.6. The van der Waals surface area contributed by atoms with Crippen molar-refractivity contribution < 1.29 is 9.52 Å². The molecule has 0 amide bonds. The van der Waals surface area contributed by atoms with Crippen molar-refractivity contribution in [3.05, 3.63) is 71.6 Å². The molecule has 3 aromatic rings. The van der Waals surface area contributed by atoms with E-state index in [1.165, 1.54) is 5.56 Å². The van der Waals surface area contributed by atoms with E-state index < -0.39 is 6.10 Å². The first-order valence-corrected chi connectivity index (χ1v) is 11.1. The molecule has 4 rings (SSSR count). The molecule has 2 aromatic carbocycles. The fourth-order valence-corrected chi connectivity index (χ4v) is 4.24. The van der Waals surface area contributed by atoms with Crippen LogP contribution in [0.5, 0.6) is 0 Å². The quantitative estimate of drug-likeness (QED) is 0.596. The zero-order valence-corrected chi connectivity index (χ0v) is 18.4. The van der Waals surface area contributed by atoms with Crippen molar-refractivity contribution in [2.75, 3.05) is 33.2 Å². The van der Waals surface area contributed by atoms with Gasteiger partial charge >= 0.3 is 0 Å². The van der Waals surface area contributed by atoms with Crippen molar-refractivity contribution in [1.82, 2.24) is 20.0 Å². The molecule has 1 atom stereocenters. The van der Waals surface area contributed by atoms with E-state index in [9.17, 15) is 5.11 Å². The van der Waals surface area contributed by atoms with Crippen molar-refractivity contribution in [3.63, 3.8) is 0 Å². The second-order valence-corrected chi connectivity index (χ2v) is 8.73. The summed E-state index contributed by atoms with van der Waals surface area (Å²) in [6.07, 6.45) is 1.87. The fraction of sp³-hybridized carbons (Fsp3) is 0.440. The van der Waals surface area contributed by atoms with E-state index in [2.05, 4.69) is 46.1 Å². The number of benzene rings is 2. The highest BCUT2D eigenvalue weighted by Crippen LogP contribution is 2.23. The van der Waals surface area contributed by atoms with E-state index in [4.69, 9.17) is 4.42 Å². The largest absolute Gasteiger partial charge is 0.419 e. The van der Waals surface area contributed by atoms with Crippen molar-refractivity contribution in [1.29, 1.82) is 0 Å². The average molecular weight is 421 g/mol. The summed E-state index contributed by atoms with van der Waals surface area (Å²) in [5.41, 5.74) is 3.16. The summed E-state index contributed by atoms with van der Waals surface area (Å²) >= 11 is 0. The van der Waals surface area contributed by atoms with Gasteiger partial charge in [0.2, 0.25) is 11.8 Å². The molecule has 6 heteroatoms. The van der Waals surface area contributed by atoms with Gasteiger partial charge in [0.1, 0.15) is 0 Å². The molecule has 164 valence electrons. The predicted octanol–water partition coefficient (Wildman–Crippen LogP) is 3.92. The molecule has 1 N–H and O–H groups in total. The van der Waals surface area contributed by atoms with Crippen LogP contribution in [0.2, 0.25) is 0 Å². The minimum absolute atomic E-state index is 0.416. The van der Waals surface area contributed by atoms with Gasteiger partial charge < -0.3 is 14.4 Å². The van der Waals surface area contributed by atoms with Gasteiger partial charge in [0.25, 0.3) is 0 Å². The summed E-state index contributed by atoms with van der Waals surface area (Å²) < 4.78 is 5.87. The smallest absolute Gasteiger partial charge is 0.247 e. The summed E-state index contributed by atoms with van der Waals surface area (Å²) in [5, 5.41) is 18.9. The van der Waals surface area contributed by atoms with Crippen LogP contribution in [0.1, 0.15) is 36.0 Å². The Morgan fingerprint density at radius 2 is 1.77 bits per heavy atom. The Morgan fingerprint density at radius 3 is 2.48 bits per heavy atom. The first-order valence-electron chi connectivity index (χ1n) is 11.1. The average Bonchev–Trinajstić information content (AvgIpc) is 3.24. The van der Waals surface area contributed by atoms with Gasteiger partial charge in [-0.15, -0.1) is 10.2 Å². The first kappa shape index (κ1) is 21.7. The third-order valence-corrected chi connectivity index (χ3v) is 6.06. The van der Waals surface area contributed by atoms with E-state index in [1.54, 1.807) is 0 Å². The van der Waals surface area contributed by atoms with Gasteiger partial charge in [0.05, 0.1) is 12.6 Å². The van der Waals surface area contributed by atoms with Crippen molar-refractivity contribution in [3.8, 4) is 11.5 Å². The van der Waals surface area contributed by atoms with Crippen LogP contribution in [0.3, 0.4) is 0 Å². The number of hydrogen-bond donors (Lipinski definition) is 1.